The summed E-state index contributed by atoms with van der Waals surface area (Å²) in [6, 6.07) is 24.8. The van der Waals surface area contributed by atoms with E-state index in [1.165, 1.54) is 42.7 Å². The lowest BCUT2D eigenvalue weighted by Gasteiger charge is -2.14. The van der Waals surface area contributed by atoms with Gasteiger partial charge < -0.3 is 11.1 Å². The number of aromatic nitrogens is 3. The van der Waals surface area contributed by atoms with Gasteiger partial charge in [0.05, 0.1) is 22.2 Å². The fourth-order valence-corrected chi connectivity index (χ4v) is 5.73. The molecule has 0 radical (unpaired) electrons. The number of nitrogens with two attached hydrogens (primary N) is 1. The maximum Gasteiger partial charge on any atom is 0.283 e. The predicted octanol–water partition coefficient (Wildman–Crippen LogP) is 5.76. The third-order valence-corrected chi connectivity index (χ3v) is 8.53. The zero-order valence-electron chi connectivity index (χ0n) is 23.1. The normalized spacial score (nSPS) is 11.9. The van der Waals surface area contributed by atoms with Gasteiger partial charge in [-0.25, -0.2) is 9.37 Å². The third-order valence-electron chi connectivity index (χ3n) is 6.98. The molecule has 216 valence electrons. The van der Waals surface area contributed by atoms with Crippen molar-refractivity contribution in [1.29, 1.82) is 5.26 Å². The lowest BCUT2D eigenvalue weighted by Crippen LogP contribution is -2.13. The molecule has 11 heteroatoms. The van der Waals surface area contributed by atoms with E-state index in [0.717, 1.165) is 15.2 Å². The van der Waals surface area contributed by atoms with Gasteiger partial charge in [0.15, 0.2) is 11.6 Å². The first-order valence-electron chi connectivity index (χ1n) is 13.3. The van der Waals surface area contributed by atoms with Gasteiger partial charge in [0.25, 0.3) is 10.0 Å². The van der Waals surface area contributed by atoms with Crippen LogP contribution in [0.1, 0.15) is 46.3 Å². The van der Waals surface area contributed by atoms with Crippen molar-refractivity contribution in [3.63, 3.8) is 0 Å². The molecular weight excluding hydrogens is 567 g/mol. The number of anilines is 2. The van der Waals surface area contributed by atoms with E-state index in [-0.39, 0.29) is 40.2 Å². The van der Waals surface area contributed by atoms with E-state index in [0.29, 0.717) is 29.1 Å². The van der Waals surface area contributed by atoms with E-state index in [2.05, 4.69) is 15.4 Å². The fourth-order valence-electron chi connectivity index (χ4n) is 4.58. The minimum Gasteiger partial charge on any atom is -0.382 e. The van der Waals surface area contributed by atoms with Crippen molar-refractivity contribution in [2.24, 2.45) is 0 Å². The topological polar surface area (TPSA) is 144 Å². The number of halogens is 1. The van der Waals surface area contributed by atoms with Gasteiger partial charge in [-0.1, -0.05) is 61.5 Å². The highest BCUT2D eigenvalue weighted by Crippen LogP contribution is 2.28. The summed E-state index contributed by atoms with van der Waals surface area (Å²) in [5, 5.41) is 16.6. The van der Waals surface area contributed by atoms with Gasteiger partial charge in [0.2, 0.25) is 0 Å². The number of Topliss-reactive ketones (excluding diaryl/α,β-unsaturated/α-hetero) is 1. The smallest absolute Gasteiger partial charge is 0.283 e. The minimum atomic E-state index is -3.89. The molecule has 0 aliphatic carbocycles. The van der Waals surface area contributed by atoms with Gasteiger partial charge in [0, 0.05) is 24.7 Å². The molecule has 2 heterocycles. The molecule has 5 rings (SSSR count). The Hall–Kier alpha value is -5.34. The van der Waals surface area contributed by atoms with Crippen LogP contribution in [-0.2, 0) is 16.6 Å². The van der Waals surface area contributed by atoms with Crippen LogP contribution >= 0.6 is 0 Å². The molecule has 3 N–H and O–H groups in total. The Kier molecular flexibility index (Phi) is 8.32. The molecular formula is C32H27FN6O3S. The van der Waals surface area contributed by atoms with Crippen LogP contribution in [0.2, 0.25) is 0 Å². The number of pyridine rings is 1. The molecule has 0 bridgehead atoms. The number of carbonyl (C=O) groups is 1. The standard InChI is InChI=1S/C32H27FN6O3S/c1-21(24-11-13-26(33)14-12-24)15-30(40)28-16-23(17-34)19-37-32(28)36-18-22-7-9-25(10-8-22)29-20-39(38-31(29)35)43(41,42)27-5-3-2-4-6-27/h2-14,16,19-21H,15,18H2,1H3,(H2,35,38)(H,36,37)/t21-/m1/s1. The molecule has 43 heavy (non-hydrogen) atoms. The molecule has 0 unspecified atom stereocenters. The van der Waals surface area contributed by atoms with Crippen molar-refractivity contribution < 1.29 is 17.6 Å². The molecule has 0 amide bonds. The summed E-state index contributed by atoms with van der Waals surface area (Å²) >= 11 is 0. The van der Waals surface area contributed by atoms with E-state index >= 15 is 0 Å². The van der Waals surface area contributed by atoms with Gasteiger partial charge >= 0.3 is 0 Å². The van der Waals surface area contributed by atoms with Crippen LogP contribution in [0.4, 0.5) is 16.0 Å². The number of ketones is 1. The van der Waals surface area contributed by atoms with Crippen LogP contribution in [0.3, 0.4) is 0 Å². The van der Waals surface area contributed by atoms with Crippen LogP contribution in [0.5, 0.6) is 0 Å². The number of nitriles is 1. The molecule has 0 saturated heterocycles. The van der Waals surface area contributed by atoms with Gasteiger partial charge in [0.1, 0.15) is 17.7 Å². The number of carbonyl (C=O) groups excluding carboxylic acids is 1. The number of benzene rings is 3. The zero-order chi connectivity index (χ0) is 30.6. The molecule has 0 aliphatic rings. The van der Waals surface area contributed by atoms with E-state index in [9.17, 15) is 22.9 Å². The molecule has 9 nitrogen and oxygen atoms in total. The number of nitrogens with zero attached hydrogens (tertiary/aromatic N) is 4. The van der Waals surface area contributed by atoms with E-state index in [1.807, 2.05) is 25.1 Å². The van der Waals surface area contributed by atoms with Crippen molar-refractivity contribution in [3.05, 3.63) is 125 Å². The summed E-state index contributed by atoms with van der Waals surface area (Å²) in [5.41, 5.74) is 9.47. The SMILES string of the molecule is C[C@H](CC(=O)c1cc(C#N)cnc1NCc1ccc(-c2cn(S(=O)(=O)c3ccccc3)nc2N)cc1)c1ccc(F)cc1. The number of hydrogen-bond donors (Lipinski definition) is 2. The van der Waals surface area contributed by atoms with Gasteiger partial charge in [-0.15, -0.1) is 5.10 Å². The van der Waals surface area contributed by atoms with Crippen LogP contribution in [-0.4, -0.2) is 28.4 Å². The van der Waals surface area contributed by atoms with E-state index < -0.39 is 10.0 Å². The Morgan fingerprint density at radius 3 is 2.44 bits per heavy atom. The molecule has 2 aromatic heterocycles. The first-order chi connectivity index (χ1) is 20.7. The second kappa shape index (κ2) is 12.3. The minimum absolute atomic E-state index is 0.0742. The second-order valence-electron chi connectivity index (χ2n) is 9.98. The van der Waals surface area contributed by atoms with Crippen LogP contribution in [0.25, 0.3) is 11.1 Å². The molecule has 3 aromatic carbocycles. The zero-order valence-corrected chi connectivity index (χ0v) is 23.9. The van der Waals surface area contributed by atoms with Crippen molar-refractivity contribution in [3.8, 4) is 17.2 Å². The highest BCUT2D eigenvalue weighted by Gasteiger charge is 2.21. The summed E-state index contributed by atoms with van der Waals surface area (Å²) in [6.45, 7) is 2.21. The molecule has 0 fully saturated rings. The van der Waals surface area contributed by atoms with Crippen LogP contribution < -0.4 is 11.1 Å². The van der Waals surface area contributed by atoms with Crippen molar-refractivity contribution >= 4 is 27.4 Å². The largest absolute Gasteiger partial charge is 0.382 e. The highest BCUT2D eigenvalue weighted by atomic mass is 32.2. The molecule has 1 atom stereocenters. The molecule has 0 spiro atoms. The maximum atomic E-state index is 13.3. The van der Waals surface area contributed by atoms with E-state index in [4.69, 9.17) is 5.73 Å². The molecule has 0 aliphatic heterocycles. The third kappa shape index (κ3) is 6.45. The van der Waals surface area contributed by atoms with Gasteiger partial charge in [-0.2, -0.15) is 17.8 Å². The summed E-state index contributed by atoms with van der Waals surface area (Å²) < 4.78 is 40.1. The monoisotopic (exact) mass is 594 g/mol. The Morgan fingerprint density at radius 1 is 1.07 bits per heavy atom. The lowest BCUT2D eigenvalue weighted by atomic mass is 9.93. The average Bonchev–Trinajstić information content (AvgIpc) is 3.43. The molecule has 5 aromatic rings. The number of nitrogen functional groups attached to an aromatic ring is 1. The van der Waals surface area contributed by atoms with Crippen LogP contribution in [0.15, 0.2) is 102 Å². The lowest BCUT2D eigenvalue weighted by molar-refractivity contribution is 0.0976. The summed E-state index contributed by atoms with van der Waals surface area (Å²) in [7, 11) is -3.89. The van der Waals surface area contributed by atoms with Gasteiger partial charge in [-0.05, 0) is 52.9 Å². The summed E-state index contributed by atoms with van der Waals surface area (Å²) in [4.78, 5) is 17.7. The summed E-state index contributed by atoms with van der Waals surface area (Å²) in [6.07, 6.45) is 2.94. The Balaban J connectivity index is 1.31. The van der Waals surface area contributed by atoms with Crippen LogP contribution in [0, 0.1) is 17.1 Å². The predicted molar refractivity (Wildman–Crippen MR) is 161 cm³/mol. The van der Waals surface area contributed by atoms with Crippen molar-refractivity contribution in [1.82, 2.24) is 14.2 Å². The van der Waals surface area contributed by atoms with Crippen molar-refractivity contribution in [2.75, 3.05) is 11.1 Å². The second-order valence-corrected chi connectivity index (χ2v) is 11.8. The molecule has 0 saturated carbocycles. The van der Waals surface area contributed by atoms with E-state index in [1.54, 1.807) is 42.5 Å². The maximum absolute atomic E-state index is 13.3. The Labute approximate surface area is 248 Å². The Bertz CT molecular complexity index is 1920. The first kappa shape index (κ1) is 29.2. The van der Waals surface area contributed by atoms with Crippen molar-refractivity contribution in [2.45, 2.75) is 30.7 Å². The average molecular weight is 595 g/mol. The number of rotatable bonds is 10. The van der Waals surface area contributed by atoms with Gasteiger partial charge in [-0.3, -0.25) is 4.79 Å². The quantitative estimate of drug-likeness (QED) is 0.194. The Morgan fingerprint density at radius 2 is 1.77 bits per heavy atom. The summed E-state index contributed by atoms with van der Waals surface area (Å²) in [5.74, 6) is -0.292. The number of nitrogens with one attached hydrogen (secondary N) is 1. The highest BCUT2D eigenvalue weighted by molar-refractivity contribution is 7.89. The fraction of sp³-hybridized carbons (Fsp3) is 0.125. The first-order valence-corrected chi connectivity index (χ1v) is 14.8. The number of hydrogen-bond acceptors (Lipinski definition) is 8.